The average Bonchev–Trinajstić information content (AvgIpc) is 3.13. The van der Waals surface area contributed by atoms with Gasteiger partial charge in [0.25, 0.3) is 5.91 Å². The van der Waals surface area contributed by atoms with E-state index in [-0.39, 0.29) is 23.2 Å². The number of carbonyl (C=O) groups is 2. The predicted molar refractivity (Wildman–Crippen MR) is 128 cm³/mol. The molecule has 0 saturated carbocycles. The highest BCUT2D eigenvalue weighted by atomic mass is 35.5. The van der Waals surface area contributed by atoms with Crippen molar-refractivity contribution in [1.29, 1.82) is 0 Å². The van der Waals surface area contributed by atoms with Crippen molar-refractivity contribution in [2.24, 2.45) is 5.73 Å². The SMILES string of the molecule is COc1ccc(CN2C(=O)c3c(c(OC(N)=O)cc4ncccc34)C2c2cc(F)ccc2Cl)cc1. The summed E-state index contributed by atoms with van der Waals surface area (Å²) in [6, 6.07) is 15.3. The Kier molecular flexibility index (Phi) is 5.74. The van der Waals surface area contributed by atoms with Crippen molar-refractivity contribution in [2.45, 2.75) is 12.6 Å². The molecule has 0 radical (unpaired) electrons. The number of primary amides is 1. The Morgan fingerprint density at radius 3 is 2.66 bits per heavy atom. The number of nitrogens with zero attached hydrogens (tertiary/aromatic N) is 2. The molecule has 0 saturated heterocycles. The number of hydrogen-bond donors (Lipinski definition) is 1. The third-order valence-corrected chi connectivity index (χ3v) is 6.29. The van der Waals surface area contributed by atoms with Gasteiger partial charge in [-0.1, -0.05) is 29.8 Å². The highest BCUT2D eigenvalue weighted by Gasteiger charge is 2.43. The largest absolute Gasteiger partial charge is 0.497 e. The van der Waals surface area contributed by atoms with Crippen LogP contribution in [0.25, 0.3) is 10.9 Å². The lowest BCUT2D eigenvalue weighted by Crippen LogP contribution is -2.28. The number of hydrogen-bond acceptors (Lipinski definition) is 5. The van der Waals surface area contributed by atoms with Gasteiger partial charge in [-0.2, -0.15) is 0 Å². The van der Waals surface area contributed by atoms with E-state index in [0.717, 1.165) is 5.56 Å². The number of aromatic nitrogens is 1. The molecule has 1 aromatic heterocycles. The van der Waals surface area contributed by atoms with Crippen molar-refractivity contribution in [1.82, 2.24) is 9.88 Å². The molecule has 0 aliphatic carbocycles. The Morgan fingerprint density at radius 2 is 1.94 bits per heavy atom. The van der Waals surface area contributed by atoms with E-state index in [2.05, 4.69) is 4.98 Å². The minimum absolute atomic E-state index is 0.0645. The van der Waals surface area contributed by atoms with E-state index < -0.39 is 18.0 Å². The van der Waals surface area contributed by atoms with Crippen LogP contribution in [0.3, 0.4) is 0 Å². The summed E-state index contributed by atoms with van der Waals surface area (Å²) >= 11 is 6.51. The summed E-state index contributed by atoms with van der Waals surface area (Å²) in [4.78, 5) is 31.6. The first-order valence-electron chi connectivity index (χ1n) is 10.6. The Hall–Kier alpha value is -4.17. The highest BCUT2D eigenvalue weighted by molar-refractivity contribution is 6.31. The van der Waals surface area contributed by atoms with E-state index in [1.54, 1.807) is 48.5 Å². The number of carbonyl (C=O) groups excluding carboxylic acids is 2. The molecule has 4 aromatic rings. The summed E-state index contributed by atoms with van der Waals surface area (Å²) in [6.45, 7) is 0.173. The monoisotopic (exact) mass is 491 g/mol. The van der Waals surface area contributed by atoms with Crippen molar-refractivity contribution in [3.63, 3.8) is 0 Å². The van der Waals surface area contributed by atoms with Crippen LogP contribution in [0.5, 0.6) is 11.5 Å². The molecule has 2 amide bonds. The van der Waals surface area contributed by atoms with Crippen LogP contribution in [-0.4, -0.2) is 29.0 Å². The molecular formula is C26H19ClFN3O4. The standard InChI is InChI=1S/C26H19ClFN3O4/c1-34-16-7-4-14(5-8-16)13-31-24(18-11-15(28)6-9-19(18)27)23-21(35-26(29)33)12-20-17(3-2-10-30-20)22(23)25(31)32/h2-12,24H,13H2,1H3,(H2,29,33). The topological polar surface area (TPSA) is 94.7 Å². The molecule has 0 fully saturated rings. The quantitative estimate of drug-likeness (QED) is 0.412. The molecule has 1 aliphatic rings. The number of rotatable bonds is 5. The maximum Gasteiger partial charge on any atom is 0.409 e. The Balaban J connectivity index is 1.76. The van der Waals surface area contributed by atoms with Gasteiger partial charge in [0.15, 0.2) is 0 Å². The van der Waals surface area contributed by atoms with Gasteiger partial charge in [0, 0.05) is 40.3 Å². The van der Waals surface area contributed by atoms with Crippen LogP contribution < -0.4 is 15.2 Å². The first-order chi connectivity index (χ1) is 16.9. The second-order valence-electron chi connectivity index (χ2n) is 8.00. The summed E-state index contributed by atoms with van der Waals surface area (Å²) in [5.41, 5.74) is 7.62. The number of nitrogens with two attached hydrogens (primary N) is 1. The lowest BCUT2D eigenvalue weighted by atomic mass is 9.94. The van der Waals surface area contributed by atoms with Crippen LogP contribution in [-0.2, 0) is 6.54 Å². The normalized spacial score (nSPS) is 14.8. The summed E-state index contributed by atoms with van der Waals surface area (Å²) in [6.07, 6.45) is 0.519. The molecule has 9 heteroatoms. The summed E-state index contributed by atoms with van der Waals surface area (Å²) in [5, 5.41) is 0.826. The number of amides is 2. The summed E-state index contributed by atoms with van der Waals surface area (Å²) < 4.78 is 24.9. The molecule has 35 heavy (non-hydrogen) atoms. The fourth-order valence-electron chi connectivity index (χ4n) is 4.46. The number of fused-ring (bicyclic) bond motifs is 3. The van der Waals surface area contributed by atoms with Crippen molar-refractivity contribution < 1.29 is 23.5 Å². The van der Waals surface area contributed by atoms with Gasteiger partial charge in [-0.15, -0.1) is 0 Å². The van der Waals surface area contributed by atoms with Crippen LogP contribution >= 0.6 is 11.6 Å². The maximum absolute atomic E-state index is 14.4. The fraction of sp³-hybridized carbons (Fsp3) is 0.115. The zero-order valence-electron chi connectivity index (χ0n) is 18.5. The molecule has 0 bridgehead atoms. The van der Waals surface area contributed by atoms with Gasteiger partial charge in [0.2, 0.25) is 0 Å². The van der Waals surface area contributed by atoms with E-state index in [1.807, 2.05) is 12.1 Å². The second-order valence-corrected chi connectivity index (χ2v) is 8.41. The molecule has 7 nitrogen and oxygen atoms in total. The molecule has 0 spiro atoms. The van der Waals surface area contributed by atoms with E-state index in [4.69, 9.17) is 26.8 Å². The van der Waals surface area contributed by atoms with Crippen molar-refractivity contribution >= 4 is 34.5 Å². The van der Waals surface area contributed by atoms with E-state index in [1.165, 1.54) is 18.2 Å². The first-order valence-corrected chi connectivity index (χ1v) is 11.0. The third kappa shape index (κ3) is 4.02. The number of pyridine rings is 1. The van der Waals surface area contributed by atoms with Gasteiger partial charge in [0.1, 0.15) is 17.3 Å². The van der Waals surface area contributed by atoms with Crippen molar-refractivity contribution in [2.75, 3.05) is 7.11 Å². The zero-order valence-corrected chi connectivity index (χ0v) is 19.3. The number of halogens is 2. The molecule has 2 N–H and O–H groups in total. The van der Waals surface area contributed by atoms with Crippen LogP contribution in [0.2, 0.25) is 5.02 Å². The number of ether oxygens (including phenoxy) is 2. The maximum atomic E-state index is 14.4. The van der Waals surface area contributed by atoms with Gasteiger partial charge >= 0.3 is 6.09 Å². The molecule has 3 aromatic carbocycles. The molecule has 2 heterocycles. The minimum Gasteiger partial charge on any atom is -0.497 e. The smallest absolute Gasteiger partial charge is 0.409 e. The van der Waals surface area contributed by atoms with Gasteiger partial charge in [0.05, 0.1) is 24.2 Å². The minimum atomic E-state index is -1.05. The molecule has 1 unspecified atom stereocenters. The number of benzene rings is 3. The van der Waals surface area contributed by atoms with Crippen molar-refractivity contribution in [3.05, 3.63) is 100.0 Å². The van der Waals surface area contributed by atoms with Crippen LogP contribution in [0.4, 0.5) is 9.18 Å². The third-order valence-electron chi connectivity index (χ3n) is 5.95. The molecule has 1 aliphatic heterocycles. The second kappa shape index (κ2) is 8.88. The molecule has 1 atom stereocenters. The molecule has 5 rings (SSSR count). The van der Waals surface area contributed by atoms with Gasteiger partial charge in [-0.05, 0) is 42.0 Å². The highest BCUT2D eigenvalue weighted by Crippen LogP contribution is 2.48. The zero-order chi connectivity index (χ0) is 24.7. The Bertz CT molecular complexity index is 1480. The molecular weight excluding hydrogens is 473 g/mol. The average molecular weight is 492 g/mol. The Morgan fingerprint density at radius 1 is 1.17 bits per heavy atom. The number of methoxy groups -OCH3 is 1. The lowest BCUT2D eigenvalue weighted by Gasteiger charge is -2.27. The first kappa shape index (κ1) is 22.6. The van der Waals surface area contributed by atoms with Crippen LogP contribution in [0.15, 0.2) is 66.9 Å². The van der Waals surface area contributed by atoms with Gasteiger partial charge in [-0.3, -0.25) is 9.78 Å². The van der Waals surface area contributed by atoms with Crippen LogP contribution in [0.1, 0.15) is 33.1 Å². The van der Waals surface area contributed by atoms with Gasteiger partial charge < -0.3 is 20.1 Å². The predicted octanol–water partition coefficient (Wildman–Crippen LogP) is 5.24. The van der Waals surface area contributed by atoms with Crippen LogP contribution in [0, 0.1) is 5.82 Å². The van der Waals surface area contributed by atoms with E-state index >= 15 is 0 Å². The molecule has 176 valence electrons. The van der Waals surface area contributed by atoms with Crippen molar-refractivity contribution in [3.8, 4) is 11.5 Å². The van der Waals surface area contributed by atoms with E-state index in [9.17, 15) is 14.0 Å². The summed E-state index contributed by atoms with van der Waals surface area (Å²) in [5.74, 6) is -0.123. The Labute approximate surface area is 204 Å². The lowest BCUT2D eigenvalue weighted by molar-refractivity contribution is 0.0737. The van der Waals surface area contributed by atoms with E-state index in [0.29, 0.717) is 33.3 Å². The fourth-order valence-corrected chi connectivity index (χ4v) is 4.68. The van der Waals surface area contributed by atoms with Gasteiger partial charge in [-0.25, -0.2) is 9.18 Å². The summed E-state index contributed by atoms with van der Waals surface area (Å²) in [7, 11) is 1.57.